The Morgan fingerprint density at radius 2 is 1.89 bits per heavy atom. The number of nitrogens with zero attached hydrogens (tertiary/aromatic N) is 1. The van der Waals surface area contributed by atoms with Crippen molar-refractivity contribution in [2.75, 3.05) is 20.2 Å². The number of benzene rings is 2. The number of rotatable bonds is 7. The quantitative estimate of drug-likeness (QED) is 0.445. The molecule has 1 aliphatic rings. The van der Waals surface area contributed by atoms with E-state index in [0.29, 0.717) is 6.61 Å². The van der Waals surface area contributed by atoms with E-state index in [2.05, 4.69) is 16.4 Å². The predicted molar refractivity (Wildman–Crippen MR) is 104 cm³/mol. The zero-order valence-electron chi connectivity index (χ0n) is 15.7. The summed E-state index contributed by atoms with van der Waals surface area (Å²) in [6, 6.07) is 16.1. The normalized spacial score (nSPS) is 15.3. The number of ether oxygens (including phenoxy) is 2. The van der Waals surface area contributed by atoms with E-state index in [1.807, 2.05) is 42.5 Å². The third-order valence-electron chi connectivity index (χ3n) is 5.00. The van der Waals surface area contributed by atoms with Crippen LogP contribution in [0.4, 0.5) is 0 Å². The van der Waals surface area contributed by atoms with Crippen LogP contribution >= 0.6 is 0 Å². The molecule has 3 rings (SSSR count). The molecule has 0 atom stereocenters. The van der Waals surface area contributed by atoms with Crippen molar-refractivity contribution >= 4 is 5.91 Å². The minimum Gasteiger partial charge on any atom is -0.493 e. The lowest BCUT2D eigenvalue weighted by Gasteiger charge is -2.31. The Morgan fingerprint density at radius 1 is 1.15 bits per heavy atom. The summed E-state index contributed by atoms with van der Waals surface area (Å²) < 4.78 is 11.6. The van der Waals surface area contributed by atoms with Crippen LogP contribution in [0, 0.1) is 5.92 Å². The molecular weight excluding hydrogens is 342 g/mol. The van der Waals surface area contributed by atoms with Crippen molar-refractivity contribution in [1.82, 2.24) is 10.3 Å². The molecule has 0 saturated carbocycles. The summed E-state index contributed by atoms with van der Waals surface area (Å²) in [6.07, 6.45) is 1.63. The third kappa shape index (κ3) is 4.99. The van der Waals surface area contributed by atoms with Crippen LogP contribution in [0.15, 0.2) is 48.5 Å². The molecule has 0 bridgehead atoms. The van der Waals surface area contributed by atoms with Crippen molar-refractivity contribution < 1.29 is 14.3 Å². The van der Waals surface area contributed by atoms with Crippen LogP contribution in [0.25, 0.3) is 0 Å². The number of para-hydroxylation sites is 1. The topological polar surface area (TPSA) is 76.8 Å². The van der Waals surface area contributed by atoms with Gasteiger partial charge in [0.2, 0.25) is 5.91 Å². The van der Waals surface area contributed by atoms with Crippen LogP contribution < -0.4 is 20.7 Å². The monoisotopic (exact) mass is 369 g/mol. The van der Waals surface area contributed by atoms with Gasteiger partial charge in [-0.1, -0.05) is 42.5 Å². The Balaban J connectivity index is 1.67. The Morgan fingerprint density at radius 3 is 2.56 bits per heavy atom. The van der Waals surface area contributed by atoms with E-state index in [4.69, 9.17) is 15.3 Å². The van der Waals surface area contributed by atoms with Gasteiger partial charge in [0.05, 0.1) is 7.11 Å². The fraction of sp³-hybridized carbons (Fsp3) is 0.381. The first-order valence-electron chi connectivity index (χ1n) is 9.26. The average molecular weight is 369 g/mol. The smallest absolute Gasteiger partial charge is 0.237 e. The Bertz CT molecular complexity index is 744. The number of nitrogens with two attached hydrogens (primary N) is 1. The number of hydrogen-bond acceptors (Lipinski definition) is 5. The molecule has 1 heterocycles. The Labute approximate surface area is 160 Å². The van der Waals surface area contributed by atoms with Crippen molar-refractivity contribution in [1.29, 1.82) is 0 Å². The number of piperidine rings is 1. The Hall–Kier alpha value is -2.57. The summed E-state index contributed by atoms with van der Waals surface area (Å²) in [6.45, 7) is 2.96. The van der Waals surface area contributed by atoms with Crippen molar-refractivity contribution in [3.05, 3.63) is 59.7 Å². The summed E-state index contributed by atoms with van der Waals surface area (Å²) >= 11 is 0. The van der Waals surface area contributed by atoms with Gasteiger partial charge in [-0.05, 0) is 37.6 Å². The SMILES string of the molecule is COc1cccc(CN2CCC(C(=O)NN)CC2)c1OCc1ccccc1. The Kier molecular flexibility index (Phi) is 6.68. The molecule has 2 aromatic rings. The third-order valence-corrected chi connectivity index (χ3v) is 5.00. The van der Waals surface area contributed by atoms with Gasteiger partial charge in [-0.3, -0.25) is 15.1 Å². The fourth-order valence-electron chi connectivity index (χ4n) is 3.45. The zero-order valence-corrected chi connectivity index (χ0v) is 15.7. The molecule has 1 amide bonds. The molecule has 3 N–H and O–H groups in total. The lowest BCUT2D eigenvalue weighted by atomic mass is 9.96. The van der Waals surface area contributed by atoms with Crippen LogP contribution in [0.2, 0.25) is 0 Å². The van der Waals surface area contributed by atoms with Gasteiger partial charge in [-0.15, -0.1) is 0 Å². The molecule has 144 valence electrons. The number of carbonyl (C=O) groups is 1. The summed E-state index contributed by atoms with van der Waals surface area (Å²) in [7, 11) is 1.66. The predicted octanol–water partition coefficient (Wildman–Crippen LogP) is 2.48. The van der Waals surface area contributed by atoms with Gasteiger partial charge in [0, 0.05) is 18.0 Å². The van der Waals surface area contributed by atoms with E-state index in [-0.39, 0.29) is 11.8 Å². The highest BCUT2D eigenvalue weighted by Crippen LogP contribution is 2.33. The standard InChI is InChI=1S/C21H27N3O3/c1-26-19-9-5-8-18(20(19)27-15-16-6-3-2-4-7-16)14-24-12-10-17(11-13-24)21(25)23-22/h2-9,17H,10-15,22H2,1H3,(H,23,25). The van der Waals surface area contributed by atoms with E-state index in [1.165, 1.54) is 0 Å². The van der Waals surface area contributed by atoms with Crippen molar-refractivity contribution in [3.8, 4) is 11.5 Å². The van der Waals surface area contributed by atoms with Crippen LogP contribution in [-0.4, -0.2) is 31.0 Å². The summed E-state index contributed by atoms with van der Waals surface area (Å²) in [5.41, 5.74) is 4.47. The van der Waals surface area contributed by atoms with Gasteiger partial charge in [0.25, 0.3) is 0 Å². The molecule has 27 heavy (non-hydrogen) atoms. The number of nitrogens with one attached hydrogen (secondary N) is 1. The van der Waals surface area contributed by atoms with Gasteiger partial charge in [0.15, 0.2) is 11.5 Å². The minimum atomic E-state index is -0.0667. The first kappa shape index (κ1) is 19.2. The van der Waals surface area contributed by atoms with E-state index in [9.17, 15) is 4.79 Å². The van der Waals surface area contributed by atoms with E-state index < -0.39 is 0 Å². The zero-order chi connectivity index (χ0) is 19.1. The van der Waals surface area contributed by atoms with Gasteiger partial charge in [-0.2, -0.15) is 0 Å². The molecule has 1 fully saturated rings. The highest BCUT2D eigenvalue weighted by molar-refractivity contribution is 5.78. The average Bonchev–Trinajstić information content (AvgIpc) is 2.73. The van der Waals surface area contributed by atoms with Crippen LogP contribution in [0.5, 0.6) is 11.5 Å². The second-order valence-electron chi connectivity index (χ2n) is 6.78. The molecule has 6 nitrogen and oxygen atoms in total. The number of methoxy groups -OCH3 is 1. The van der Waals surface area contributed by atoms with Gasteiger partial charge in [-0.25, -0.2) is 5.84 Å². The van der Waals surface area contributed by atoms with E-state index in [1.54, 1.807) is 7.11 Å². The first-order chi connectivity index (χ1) is 13.2. The summed E-state index contributed by atoms with van der Waals surface area (Å²) in [5.74, 6) is 6.71. The number of hydrazine groups is 1. The van der Waals surface area contributed by atoms with Gasteiger partial charge >= 0.3 is 0 Å². The maximum absolute atomic E-state index is 11.7. The summed E-state index contributed by atoms with van der Waals surface area (Å²) in [4.78, 5) is 14.0. The number of hydrogen-bond donors (Lipinski definition) is 2. The lowest BCUT2D eigenvalue weighted by Crippen LogP contribution is -2.42. The van der Waals surface area contributed by atoms with E-state index >= 15 is 0 Å². The molecule has 0 aliphatic carbocycles. The second-order valence-corrected chi connectivity index (χ2v) is 6.78. The van der Waals surface area contributed by atoms with Crippen LogP contribution in [0.1, 0.15) is 24.0 Å². The van der Waals surface area contributed by atoms with Crippen LogP contribution in [0.3, 0.4) is 0 Å². The molecule has 0 unspecified atom stereocenters. The molecule has 2 aromatic carbocycles. The fourth-order valence-corrected chi connectivity index (χ4v) is 3.45. The largest absolute Gasteiger partial charge is 0.493 e. The number of carbonyl (C=O) groups excluding carboxylic acids is 1. The van der Waals surface area contributed by atoms with Crippen LogP contribution in [-0.2, 0) is 17.9 Å². The molecule has 1 saturated heterocycles. The summed E-state index contributed by atoms with van der Waals surface area (Å²) in [5, 5.41) is 0. The van der Waals surface area contributed by atoms with Gasteiger partial charge in [0.1, 0.15) is 6.61 Å². The second kappa shape index (κ2) is 9.39. The number of likely N-dealkylation sites (tertiary alicyclic amines) is 1. The molecular formula is C21H27N3O3. The maximum atomic E-state index is 11.7. The molecule has 6 heteroatoms. The highest BCUT2D eigenvalue weighted by atomic mass is 16.5. The minimum absolute atomic E-state index is 0.00496. The molecule has 0 aromatic heterocycles. The maximum Gasteiger partial charge on any atom is 0.237 e. The van der Waals surface area contributed by atoms with Crippen molar-refractivity contribution in [2.24, 2.45) is 11.8 Å². The highest BCUT2D eigenvalue weighted by Gasteiger charge is 2.25. The molecule has 0 radical (unpaired) electrons. The first-order valence-corrected chi connectivity index (χ1v) is 9.26. The number of amides is 1. The van der Waals surface area contributed by atoms with Gasteiger partial charge < -0.3 is 9.47 Å². The molecule has 1 aliphatic heterocycles. The van der Waals surface area contributed by atoms with Crippen molar-refractivity contribution in [3.63, 3.8) is 0 Å². The molecule has 0 spiro atoms. The van der Waals surface area contributed by atoms with E-state index in [0.717, 1.165) is 55.1 Å². The van der Waals surface area contributed by atoms with Crippen molar-refractivity contribution in [2.45, 2.75) is 26.0 Å². The lowest BCUT2D eigenvalue weighted by molar-refractivity contribution is -0.126.